The summed E-state index contributed by atoms with van der Waals surface area (Å²) in [5.74, 6) is 0. The minimum absolute atomic E-state index is 0.0683. The van der Waals surface area contributed by atoms with Crippen molar-refractivity contribution in [1.29, 1.82) is 5.26 Å². The Bertz CT molecular complexity index is 1070. The maximum Gasteiger partial charge on any atom is 0.238 e. The second-order valence-electron chi connectivity index (χ2n) is 6.82. The minimum Gasteiger partial charge on any atom is -0.255 e. The summed E-state index contributed by atoms with van der Waals surface area (Å²) in [7, 11) is -3.71. The zero-order valence-electron chi connectivity index (χ0n) is 14.0. The topological polar surface area (TPSA) is 96.8 Å². The van der Waals surface area contributed by atoms with Gasteiger partial charge in [0.15, 0.2) is 0 Å². The highest BCUT2D eigenvalue weighted by Gasteiger charge is 2.38. The highest BCUT2D eigenvalue weighted by atomic mass is 32.2. The number of pyridine rings is 1. The molecule has 0 bridgehead atoms. The highest BCUT2D eigenvalue weighted by molar-refractivity contribution is 7.89. The van der Waals surface area contributed by atoms with Gasteiger partial charge in [-0.05, 0) is 48.2 Å². The van der Waals surface area contributed by atoms with Crippen LogP contribution in [0.25, 0.3) is 11.1 Å². The molecule has 0 atom stereocenters. The van der Waals surface area contributed by atoms with Gasteiger partial charge in [0.2, 0.25) is 10.0 Å². The van der Waals surface area contributed by atoms with Crippen LogP contribution in [0, 0.1) is 16.7 Å². The lowest BCUT2D eigenvalue weighted by molar-refractivity contribution is 0.282. The summed E-state index contributed by atoms with van der Waals surface area (Å²) in [6, 6.07) is 12.3. The first-order chi connectivity index (χ1) is 12.4. The number of primary sulfonamides is 1. The fourth-order valence-corrected chi connectivity index (χ4v) is 4.06. The number of sulfonamides is 1. The first-order valence-corrected chi connectivity index (χ1v) is 9.91. The monoisotopic (exact) mass is 363 g/mol. The van der Waals surface area contributed by atoms with E-state index in [0.29, 0.717) is 5.56 Å². The van der Waals surface area contributed by atoms with Gasteiger partial charge < -0.3 is 0 Å². The molecule has 0 aliphatic heterocycles. The van der Waals surface area contributed by atoms with Gasteiger partial charge in [-0.15, -0.1) is 0 Å². The van der Waals surface area contributed by atoms with Gasteiger partial charge in [0.1, 0.15) is 6.07 Å². The van der Waals surface area contributed by atoms with Crippen molar-refractivity contribution < 1.29 is 8.42 Å². The Morgan fingerprint density at radius 3 is 2.23 bits per heavy atom. The van der Waals surface area contributed by atoms with Gasteiger partial charge in [-0.1, -0.05) is 30.7 Å². The van der Waals surface area contributed by atoms with Crippen LogP contribution in [0.5, 0.6) is 0 Å². The predicted molar refractivity (Wildman–Crippen MR) is 99.0 cm³/mol. The Hall–Kier alpha value is -2.75. The lowest BCUT2D eigenvalue weighted by atomic mass is 9.70. The fourth-order valence-electron chi connectivity index (χ4n) is 3.54. The van der Waals surface area contributed by atoms with Crippen molar-refractivity contribution in [3.63, 3.8) is 0 Å². The van der Waals surface area contributed by atoms with Crippen molar-refractivity contribution in [2.45, 2.75) is 24.2 Å². The molecule has 1 fully saturated rings. The van der Waals surface area contributed by atoms with Gasteiger partial charge in [-0.25, -0.2) is 13.6 Å². The Balaban J connectivity index is 1.76. The number of nitriles is 1. The molecule has 1 aromatic carbocycles. The molecule has 2 N–H and O–H groups in total. The molecule has 1 heterocycles. The Morgan fingerprint density at radius 1 is 1.04 bits per heavy atom. The van der Waals surface area contributed by atoms with E-state index in [-0.39, 0.29) is 10.3 Å². The highest BCUT2D eigenvalue weighted by Crippen LogP contribution is 2.53. The molecule has 0 unspecified atom stereocenters. The van der Waals surface area contributed by atoms with Crippen LogP contribution in [0.3, 0.4) is 0 Å². The van der Waals surface area contributed by atoms with Crippen LogP contribution in [-0.2, 0) is 10.0 Å². The molecule has 2 aliphatic carbocycles. The smallest absolute Gasteiger partial charge is 0.238 e. The van der Waals surface area contributed by atoms with E-state index < -0.39 is 10.0 Å². The van der Waals surface area contributed by atoms with E-state index in [0.717, 1.165) is 35.2 Å². The molecule has 130 valence electrons. The van der Waals surface area contributed by atoms with Crippen LogP contribution in [0.1, 0.15) is 36.1 Å². The number of aromatic nitrogens is 1. The third-order valence-corrected chi connectivity index (χ3v) is 6.03. The van der Waals surface area contributed by atoms with Gasteiger partial charge in [0.05, 0.1) is 16.2 Å². The van der Waals surface area contributed by atoms with Crippen LogP contribution < -0.4 is 5.14 Å². The van der Waals surface area contributed by atoms with E-state index in [1.54, 1.807) is 24.4 Å². The number of nitrogens with zero attached hydrogens (tertiary/aromatic N) is 2. The molecule has 1 spiro atoms. The fraction of sp³-hybridized carbons (Fsp3) is 0.200. The zero-order chi connectivity index (χ0) is 18.4. The molecule has 4 rings (SSSR count). The van der Waals surface area contributed by atoms with E-state index in [9.17, 15) is 8.42 Å². The molecule has 2 aliphatic rings. The van der Waals surface area contributed by atoms with Gasteiger partial charge in [-0.3, -0.25) is 4.98 Å². The SMILES string of the molecule is N#Cc1ccc(C2=CC3(C=C2c2ccc(S(N)(=O)=O)cc2)CCC3)nc1. The minimum atomic E-state index is -3.71. The average Bonchev–Trinajstić information content (AvgIpc) is 3.03. The number of nitrogens with two attached hydrogens (primary N) is 1. The zero-order valence-corrected chi connectivity index (χ0v) is 14.8. The van der Waals surface area contributed by atoms with Gasteiger partial charge >= 0.3 is 0 Å². The van der Waals surface area contributed by atoms with Crippen LogP contribution >= 0.6 is 0 Å². The average molecular weight is 363 g/mol. The quantitative estimate of drug-likeness (QED) is 0.905. The molecular formula is C20H17N3O2S. The van der Waals surface area contributed by atoms with Crippen LogP contribution in [0.4, 0.5) is 0 Å². The predicted octanol–water partition coefficient (Wildman–Crippen LogP) is 3.25. The lowest BCUT2D eigenvalue weighted by Gasteiger charge is -2.34. The van der Waals surface area contributed by atoms with E-state index in [1.165, 1.54) is 18.6 Å². The van der Waals surface area contributed by atoms with Gasteiger partial charge in [0.25, 0.3) is 0 Å². The third kappa shape index (κ3) is 2.85. The molecule has 26 heavy (non-hydrogen) atoms. The third-order valence-electron chi connectivity index (χ3n) is 5.10. The molecule has 5 nitrogen and oxygen atoms in total. The summed E-state index contributed by atoms with van der Waals surface area (Å²) in [6.45, 7) is 0. The molecule has 1 aromatic heterocycles. The molecule has 0 saturated heterocycles. The maximum absolute atomic E-state index is 11.5. The molecular weight excluding hydrogens is 346 g/mol. The van der Waals surface area contributed by atoms with Gasteiger partial charge in [-0.2, -0.15) is 5.26 Å². The summed E-state index contributed by atoms with van der Waals surface area (Å²) in [5.41, 5.74) is 4.40. The summed E-state index contributed by atoms with van der Waals surface area (Å²) >= 11 is 0. The van der Waals surface area contributed by atoms with E-state index in [1.807, 2.05) is 6.07 Å². The van der Waals surface area contributed by atoms with Crippen molar-refractivity contribution >= 4 is 21.2 Å². The maximum atomic E-state index is 11.5. The number of allylic oxidation sites excluding steroid dienone is 4. The molecule has 2 aromatic rings. The van der Waals surface area contributed by atoms with Crippen molar-refractivity contribution in [2.24, 2.45) is 10.6 Å². The van der Waals surface area contributed by atoms with Crippen molar-refractivity contribution in [3.05, 3.63) is 71.6 Å². The normalized spacial score (nSPS) is 18.0. The first-order valence-electron chi connectivity index (χ1n) is 8.36. The van der Waals surface area contributed by atoms with Crippen LogP contribution in [0.2, 0.25) is 0 Å². The Labute approximate surface area is 152 Å². The second-order valence-corrected chi connectivity index (χ2v) is 8.38. The largest absolute Gasteiger partial charge is 0.255 e. The first kappa shape index (κ1) is 16.7. The van der Waals surface area contributed by atoms with Crippen molar-refractivity contribution in [2.75, 3.05) is 0 Å². The number of benzene rings is 1. The van der Waals surface area contributed by atoms with E-state index in [4.69, 9.17) is 10.4 Å². The Kier molecular flexibility index (Phi) is 3.79. The summed E-state index contributed by atoms with van der Waals surface area (Å²) in [6.07, 6.45) is 9.49. The molecule has 6 heteroatoms. The lowest BCUT2D eigenvalue weighted by Crippen LogP contribution is -2.22. The molecule has 0 amide bonds. The molecule has 1 saturated carbocycles. The second kappa shape index (κ2) is 5.90. The van der Waals surface area contributed by atoms with Crippen molar-refractivity contribution in [3.8, 4) is 6.07 Å². The number of hydrogen-bond acceptors (Lipinski definition) is 4. The summed E-state index contributed by atoms with van der Waals surface area (Å²) in [5, 5.41) is 14.2. The number of rotatable bonds is 3. The van der Waals surface area contributed by atoms with Crippen LogP contribution in [-0.4, -0.2) is 13.4 Å². The van der Waals surface area contributed by atoms with E-state index in [2.05, 4.69) is 23.2 Å². The molecule has 0 radical (unpaired) electrons. The summed E-state index contributed by atoms with van der Waals surface area (Å²) in [4.78, 5) is 4.54. The standard InChI is InChI=1S/C20H17N3O2S/c21-12-14-2-7-19(23-13-14)18-11-20(8-1-9-20)10-17(18)15-3-5-16(6-4-15)26(22,24)25/h2-7,10-11,13H,1,8-9H2,(H2,22,24,25). The van der Waals surface area contributed by atoms with Crippen molar-refractivity contribution in [1.82, 2.24) is 4.98 Å². The Morgan fingerprint density at radius 2 is 1.73 bits per heavy atom. The summed E-state index contributed by atoms with van der Waals surface area (Å²) < 4.78 is 23.0. The van der Waals surface area contributed by atoms with E-state index >= 15 is 0 Å². The van der Waals surface area contributed by atoms with Crippen LogP contribution in [0.15, 0.2) is 59.6 Å². The van der Waals surface area contributed by atoms with Gasteiger partial charge in [0, 0.05) is 17.2 Å². The number of hydrogen-bond donors (Lipinski definition) is 1.